The molecule has 0 aliphatic carbocycles. The van der Waals surface area contributed by atoms with Crippen molar-refractivity contribution in [3.05, 3.63) is 47.1 Å². The van der Waals surface area contributed by atoms with Gasteiger partial charge in [0.25, 0.3) is 0 Å². The summed E-state index contributed by atoms with van der Waals surface area (Å²) in [7, 11) is 0. The third-order valence-corrected chi connectivity index (χ3v) is 5.69. The van der Waals surface area contributed by atoms with Gasteiger partial charge in [-0.15, -0.1) is 0 Å². The quantitative estimate of drug-likeness (QED) is 0.628. The van der Waals surface area contributed by atoms with Gasteiger partial charge in [-0.2, -0.15) is 4.98 Å². The monoisotopic (exact) mass is 427 g/mol. The van der Waals surface area contributed by atoms with E-state index in [2.05, 4.69) is 41.0 Å². The van der Waals surface area contributed by atoms with E-state index in [0.717, 1.165) is 11.3 Å². The summed E-state index contributed by atoms with van der Waals surface area (Å²) in [5, 5.41) is 3.42. The van der Waals surface area contributed by atoms with Gasteiger partial charge in [-0.3, -0.25) is 5.32 Å². The second-order valence-corrected chi connectivity index (χ2v) is 9.09. The van der Waals surface area contributed by atoms with Crippen LogP contribution in [0, 0.1) is 0 Å². The topological polar surface area (TPSA) is 74.5 Å². The molecular formula is C22H26ClN5O2. The van der Waals surface area contributed by atoms with Crippen molar-refractivity contribution < 1.29 is 9.21 Å². The minimum absolute atomic E-state index is 0.0160. The molecule has 0 unspecified atom stereocenters. The first-order valence-electron chi connectivity index (χ1n) is 10.1. The Morgan fingerprint density at radius 2 is 2.07 bits per heavy atom. The van der Waals surface area contributed by atoms with Crippen molar-refractivity contribution in [2.45, 2.75) is 39.2 Å². The van der Waals surface area contributed by atoms with Crippen LogP contribution in [-0.4, -0.2) is 46.6 Å². The second kappa shape index (κ2) is 7.80. The Morgan fingerprint density at radius 1 is 1.27 bits per heavy atom. The summed E-state index contributed by atoms with van der Waals surface area (Å²) in [6, 6.07) is 9.54. The molecule has 7 nitrogen and oxygen atoms in total. The van der Waals surface area contributed by atoms with E-state index < -0.39 is 0 Å². The van der Waals surface area contributed by atoms with Crippen LogP contribution in [0.1, 0.15) is 33.3 Å². The lowest BCUT2D eigenvalue weighted by molar-refractivity contribution is 0.184. The van der Waals surface area contributed by atoms with E-state index in [1.807, 2.05) is 37.3 Å². The smallest absolute Gasteiger partial charge is 0.325 e. The summed E-state index contributed by atoms with van der Waals surface area (Å²) in [6.07, 6.45) is 1.73. The number of nitrogens with one attached hydrogen (secondary N) is 1. The van der Waals surface area contributed by atoms with Crippen LogP contribution >= 0.6 is 11.6 Å². The highest BCUT2D eigenvalue weighted by Gasteiger charge is 2.29. The Balaban J connectivity index is 1.45. The first-order chi connectivity index (χ1) is 14.2. The number of amides is 2. The molecule has 4 rings (SSSR count). The Bertz CT molecular complexity index is 1070. The number of aromatic nitrogens is 2. The summed E-state index contributed by atoms with van der Waals surface area (Å²) in [6.45, 7) is 10.3. The molecule has 1 fully saturated rings. The minimum Gasteiger partial charge on any atom is -0.423 e. The summed E-state index contributed by atoms with van der Waals surface area (Å²) in [5.41, 5.74) is 2.57. The normalized spacial score (nSPS) is 17.4. The third-order valence-electron chi connectivity index (χ3n) is 5.39. The summed E-state index contributed by atoms with van der Waals surface area (Å²) in [5.74, 6) is 0.750. The molecule has 1 aromatic carbocycles. The number of benzene rings is 1. The number of piperazine rings is 1. The molecule has 2 aromatic heterocycles. The van der Waals surface area contributed by atoms with Crippen LogP contribution in [0.15, 0.2) is 40.9 Å². The molecule has 0 saturated carbocycles. The summed E-state index contributed by atoms with van der Waals surface area (Å²) < 4.78 is 5.73. The molecule has 3 aromatic rings. The third kappa shape index (κ3) is 4.07. The molecule has 0 radical (unpaired) electrons. The highest BCUT2D eigenvalue weighted by atomic mass is 35.5. The van der Waals surface area contributed by atoms with Gasteiger partial charge in [0.15, 0.2) is 5.58 Å². The Labute approximate surface area is 181 Å². The second-order valence-electron chi connectivity index (χ2n) is 8.68. The van der Waals surface area contributed by atoms with Crippen molar-refractivity contribution in [2.24, 2.45) is 0 Å². The van der Waals surface area contributed by atoms with Gasteiger partial charge < -0.3 is 14.2 Å². The fraction of sp³-hybridized carbons (Fsp3) is 0.409. The maximum absolute atomic E-state index is 12.8. The van der Waals surface area contributed by atoms with Gasteiger partial charge in [-0.05, 0) is 42.2 Å². The van der Waals surface area contributed by atoms with Crippen LogP contribution in [-0.2, 0) is 5.41 Å². The highest BCUT2D eigenvalue weighted by molar-refractivity contribution is 6.32. The van der Waals surface area contributed by atoms with Crippen LogP contribution in [0.25, 0.3) is 11.1 Å². The Morgan fingerprint density at radius 3 is 2.77 bits per heavy atom. The van der Waals surface area contributed by atoms with E-state index in [1.165, 1.54) is 5.56 Å². The van der Waals surface area contributed by atoms with Crippen LogP contribution in [0.4, 0.5) is 16.6 Å². The first kappa shape index (κ1) is 20.5. The van der Waals surface area contributed by atoms with E-state index >= 15 is 0 Å². The molecule has 2 amide bonds. The molecule has 1 aliphatic heterocycles. The molecule has 8 heteroatoms. The summed E-state index contributed by atoms with van der Waals surface area (Å²) >= 11 is 6.27. The molecule has 1 atom stereocenters. The molecule has 1 aliphatic rings. The fourth-order valence-corrected chi connectivity index (χ4v) is 3.91. The average molecular weight is 428 g/mol. The predicted molar refractivity (Wildman–Crippen MR) is 119 cm³/mol. The lowest BCUT2D eigenvalue weighted by Gasteiger charge is -2.40. The number of halogens is 1. The van der Waals surface area contributed by atoms with Gasteiger partial charge in [-0.25, -0.2) is 9.78 Å². The van der Waals surface area contributed by atoms with Crippen molar-refractivity contribution in [3.63, 3.8) is 0 Å². The van der Waals surface area contributed by atoms with E-state index in [-0.39, 0.29) is 23.5 Å². The SMILES string of the molecule is C[C@@H]1CN(c2ncccc2Cl)CCN1C(=O)Nc1nc2cc(C(C)(C)C)ccc2o1. The molecular weight excluding hydrogens is 402 g/mol. The number of urea groups is 1. The maximum Gasteiger partial charge on any atom is 0.325 e. The standard InChI is InChI=1S/C22H26ClN5O2/c1-14-13-27(19-16(23)6-5-9-24-19)10-11-28(14)21(29)26-20-25-17-12-15(22(2,3)4)7-8-18(17)30-20/h5-9,12,14H,10-11,13H2,1-4H3,(H,25,26,29)/t14-/m1/s1. The van der Waals surface area contributed by atoms with Crippen molar-refractivity contribution in [1.82, 2.24) is 14.9 Å². The molecule has 1 saturated heterocycles. The number of oxazole rings is 1. The van der Waals surface area contributed by atoms with Gasteiger partial charge in [0, 0.05) is 31.9 Å². The largest absolute Gasteiger partial charge is 0.423 e. The Hall–Kier alpha value is -2.80. The molecule has 0 bridgehead atoms. The number of hydrogen-bond donors (Lipinski definition) is 1. The zero-order valence-corrected chi connectivity index (χ0v) is 18.4. The lowest BCUT2D eigenvalue weighted by atomic mass is 9.87. The number of pyridine rings is 1. The number of hydrogen-bond acceptors (Lipinski definition) is 5. The molecule has 1 N–H and O–H groups in total. The van der Waals surface area contributed by atoms with Gasteiger partial charge in [0.2, 0.25) is 0 Å². The van der Waals surface area contributed by atoms with Crippen LogP contribution < -0.4 is 10.2 Å². The average Bonchev–Trinajstić information content (AvgIpc) is 3.08. The van der Waals surface area contributed by atoms with Crippen molar-refractivity contribution >= 4 is 40.6 Å². The summed E-state index contributed by atoms with van der Waals surface area (Å²) in [4.78, 5) is 25.6. The van der Waals surface area contributed by atoms with Gasteiger partial charge in [0.1, 0.15) is 11.3 Å². The number of rotatable bonds is 2. The van der Waals surface area contributed by atoms with Crippen LogP contribution in [0.3, 0.4) is 0 Å². The predicted octanol–water partition coefficient (Wildman–Crippen LogP) is 4.92. The van der Waals surface area contributed by atoms with Gasteiger partial charge in [0.05, 0.1) is 5.02 Å². The van der Waals surface area contributed by atoms with E-state index in [9.17, 15) is 4.79 Å². The zero-order valence-electron chi connectivity index (χ0n) is 17.6. The van der Waals surface area contributed by atoms with Crippen LogP contribution in [0.2, 0.25) is 5.02 Å². The minimum atomic E-state index is -0.225. The number of carbonyl (C=O) groups is 1. The number of carbonyl (C=O) groups excluding carboxylic acids is 1. The molecule has 30 heavy (non-hydrogen) atoms. The van der Waals surface area contributed by atoms with Crippen molar-refractivity contribution in [1.29, 1.82) is 0 Å². The van der Waals surface area contributed by atoms with E-state index in [0.29, 0.717) is 30.2 Å². The number of fused-ring (bicyclic) bond motifs is 1. The number of anilines is 2. The van der Waals surface area contributed by atoms with Gasteiger partial charge in [-0.1, -0.05) is 38.4 Å². The van der Waals surface area contributed by atoms with E-state index in [1.54, 1.807) is 11.1 Å². The Kier molecular flexibility index (Phi) is 5.32. The molecule has 158 valence electrons. The highest BCUT2D eigenvalue weighted by Crippen LogP contribution is 2.28. The fourth-order valence-electron chi connectivity index (χ4n) is 3.67. The van der Waals surface area contributed by atoms with Crippen molar-refractivity contribution in [3.8, 4) is 0 Å². The molecule has 3 heterocycles. The van der Waals surface area contributed by atoms with Crippen LogP contribution in [0.5, 0.6) is 0 Å². The zero-order chi connectivity index (χ0) is 21.5. The number of nitrogens with zero attached hydrogens (tertiary/aromatic N) is 4. The lowest BCUT2D eigenvalue weighted by Crippen LogP contribution is -2.55. The van der Waals surface area contributed by atoms with E-state index in [4.69, 9.17) is 16.0 Å². The van der Waals surface area contributed by atoms with Crippen molar-refractivity contribution in [2.75, 3.05) is 29.9 Å². The maximum atomic E-state index is 12.8. The molecule has 0 spiro atoms. The van der Waals surface area contributed by atoms with Gasteiger partial charge >= 0.3 is 12.0 Å². The first-order valence-corrected chi connectivity index (χ1v) is 10.4.